The normalized spacial score (nSPS) is 12.0. The molecule has 0 fully saturated rings. The molecule has 0 saturated heterocycles. The second kappa shape index (κ2) is 7.22. The highest BCUT2D eigenvalue weighted by Crippen LogP contribution is 2.23. The zero-order chi connectivity index (χ0) is 16.1. The monoisotopic (exact) mass is 318 g/mol. The minimum atomic E-state index is -0.275. The van der Waals surface area contributed by atoms with Crippen LogP contribution in [0.25, 0.3) is 0 Å². The second-order valence-electron chi connectivity index (χ2n) is 4.84. The number of nitrogens with zero attached hydrogens (tertiary/aromatic N) is 2. The first-order chi connectivity index (χ1) is 10.5. The maximum atomic E-state index is 12.3. The highest BCUT2D eigenvalue weighted by Gasteiger charge is 2.20. The van der Waals surface area contributed by atoms with Gasteiger partial charge in [0.1, 0.15) is 5.82 Å². The second-order valence-corrected chi connectivity index (χ2v) is 6.01. The number of hydrogen-bond donors (Lipinski definition) is 2. The summed E-state index contributed by atoms with van der Waals surface area (Å²) < 4.78 is 0. The van der Waals surface area contributed by atoms with Crippen LogP contribution in [0.5, 0.6) is 0 Å². The number of aromatic nitrogens is 3. The lowest BCUT2D eigenvalue weighted by Crippen LogP contribution is -2.24. The zero-order valence-corrected chi connectivity index (χ0v) is 13.5. The zero-order valence-electron chi connectivity index (χ0n) is 12.7. The Bertz CT molecular complexity index is 666. The molecule has 0 aliphatic carbocycles. The molecule has 0 bridgehead atoms. The number of aryl methyl sites for hydroxylation is 1. The van der Waals surface area contributed by atoms with Crippen molar-refractivity contribution in [3.8, 4) is 0 Å². The van der Waals surface area contributed by atoms with E-state index in [-0.39, 0.29) is 16.9 Å². The minimum absolute atomic E-state index is 0.000145. The number of nitrogens with one attached hydrogen (secondary N) is 2. The summed E-state index contributed by atoms with van der Waals surface area (Å²) in [6.45, 7) is 5.26. The van der Waals surface area contributed by atoms with E-state index in [1.54, 1.807) is 24.3 Å². The van der Waals surface area contributed by atoms with E-state index >= 15 is 0 Å². The van der Waals surface area contributed by atoms with Crippen molar-refractivity contribution in [2.24, 2.45) is 0 Å². The standard InChI is InChI=1S/C15H18N4O2S/c1-4-13(22-15-16-10(3)18-19-15)14(21)17-12-7-5-11(6-8-12)9(2)20/h5-8,13H,4H2,1-3H3,(H,17,21)(H,16,18,19)/t13-/m0/s1. The van der Waals surface area contributed by atoms with Gasteiger partial charge in [-0.05, 0) is 44.5 Å². The van der Waals surface area contributed by atoms with Crippen molar-refractivity contribution in [3.05, 3.63) is 35.7 Å². The van der Waals surface area contributed by atoms with Gasteiger partial charge < -0.3 is 5.32 Å². The Morgan fingerprint density at radius 1 is 1.32 bits per heavy atom. The predicted molar refractivity (Wildman–Crippen MR) is 86.1 cm³/mol. The molecular formula is C15H18N4O2S. The number of amides is 1. The van der Waals surface area contributed by atoms with Crippen molar-refractivity contribution >= 4 is 29.1 Å². The van der Waals surface area contributed by atoms with Gasteiger partial charge >= 0.3 is 0 Å². The van der Waals surface area contributed by atoms with Gasteiger partial charge in [-0.15, -0.1) is 5.10 Å². The molecule has 1 aromatic heterocycles. The summed E-state index contributed by atoms with van der Waals surface area (Å²) in [6, 6.07) is 6.85. The first-order valence-corrected chi connectivity index (χ1v) is 7.85. The SMILES string of the molecule is CC[C@H](Sc1n[nH]c(C)n1)C(=O)Nc1ccc(C(C)=O)cc1. The van der Waals surface area contributed by atoms with E-state index < -0.39 is 0 Å². The Labute approximate surface area is 133 Å². The molecule has 0 radical (unpaired) electrons. The lowest BCUT2D eigenvalue weighted by molar-refractivity contribution is -0.115. The van der Waals surface area contributed by atoms with E-state index in [4.69, 9.17) is 0 Å². The molecule has 1 atom stereocenters. The van der Waals surface area contributed by atoms with Crippen LogP contribution in [0.1, 0.15) is 36.5 Å². The first-order valence-electron chi connectivity index (χ1n) is 6.97. The highest BCUT2D eigenvalue weighted by molar-refractivity contribution is 8.00. The number of aromatic amines is 1. The molecular weight excluding hydrogens is 300 g/mol. The summed E-state index contributed by atoms with van der Waals surface area (Å²) in [7, 11) is 0. The average molecular weight is 318 g/mol. The molecule has 0 unspecified atom stereocenters. The third-order valence-electron chi connectivity index (χ3n) is 3.05. The molecule has 0 spiro atoms. The molecule has 2 N–H and O–H groups in total. The first kappa shape index (κ1) is 16.2. The Morgan fingerprint density at radius 3 is 2.50 bits per heavy atom. The molecule has 1 heterocycles. The number of Topliss-reactive ketones (excluding diaryl/α,β-unsaturated/α-hetero) is 1. The summed E-state index contributed by atoms with van der Waals surface area (Å²) in [5.74, 6) is 0.614. The van der Waals surface area contributed by atoms with E-state index in [0.29, 0.717) is 22.8 Å². The molecule has 2 rings (SSSR count). The smallest absolute Gasteiger partial charge is 0.237 e. The summed E-state index contributed by atoms with van der Waals surface area (Å²) in [5, 5.41) is 9.93. The number of ketones is 1. The van der Waals surface area contributed by atoms with E-state index in [2.05, 4.69) is 20.5 Å². The van der Waals surface area contributed by atoms with Gasteiger partial charge in [0, 0.05) is 11.3 Å². The van der Waals surface area contributed by atoms with Crippen LogP contribution in [0.3, 0.4) is 0 Å². The van der Waals surface area contributed by atoms with Gasteiger partial charge in [0.15, 0.2) is 5.78 Å². The fourth-order valence-electron chi connectivity index (χ4n) is 1.84. The molecule has 0 aliphatic rings. The fraction of sp³-hybridized carbons (Fsp3) is 0.333. The molecule has 0 saturated carbocycles. The van der Waals surface area contributed by atoms with Crippen molar-refractivity contribution < 1.29 is 9.59 Å². The van der Waals surface area contributed by atoms with Gasteiger partial charge in [-0.1, -0.05) is 18.7 Å². The molecule has 116 valence electrons. The quantitative estimate of drug-likeness (QED) is 0.631. The average Bonchev–Trinajstić information content (AvgIpc) is 2.90. The lowest BCUT2D eigenvalue weighted by Gasteiger charge is -2.13. The predicted octanol–water partition coefficient (Wildman–Crippen LogP) is 2.83. The fourth-order valence-corrected chi connectivity index (χ4v) is 2.71. The van der Waals surface area contributed by atoms with Crippen LogP contribution in [0.4, 0.5) is 5.69 Å². The maximum absolute atomic E-state index is 12.3. The van der Waals surface area contributed by atoms with Crippen LogP contribution in [0, 0.1) is 6.92 Å². The summed E-state index contributed by atoms with van der Waals surface area (Å²) in [6.07, 6.45) is 0.662. The number of anilines is 1. The molecule has 1 amide bonds. The van der Waals surface area contributed by atoms with Gasteiger partial charge in [-0.2, -0.15) is 0 Å². The third kappa shape index (κ3) is 4.17. The number of hydrogen-bond acceptors (Lipinski definition) is 5. The van der Waals surface area contributed by atoms with Crippen molar-refractivity contribution in [1.29, 1.82) is 0 Å². The van der Waals surface area contributed by atoms with Gasteiger partial charge in [0.25, 0.3) is 0 Å². The molecule has 1 aromatic carbocycles. The van der Waals surface area contributed by atoms with Crippen LogP contribution in [-0.2, 0) is 4.79 Å². The molecule has 6 nitrogen and oxygen atoms in total. The number of carbonyl (C=O) groups is 2. The van der Waals surface area contributed by atoms with Gasteiger partial charge in [-0.3, -0.25) is 14.7 Å². The van der Waals surface area contributed by atoms with Gasteiger partial charge in [0.05, 0.1) is 5.25 Å². The third-order valence-corrected chi connectivity index (χ3v) is 4.27. The number of rotatable bonds is 6. The van der Waals surface area contributed by atoms with Crippen LogP contribution < -0.4 is 5.32 Å². The topological polar surface area (TPSA) is 87.7 Å². The molecule has 22 heavy (non-hydrogen) atoms. The summed E-state index contributed by atoms with van der Waals surface area (Å²) in [5.41, 5.74) is 1.29. The van der Waals surface area contributed by atoms with E-state index in [1.807, 2.05) is 13.8 Å². The Hall–Kier alpha value is -2.15. The molecule has 7 heteroatoms. The van der Waals surface area contributed by atoms with Crippen molar-refractivity contribution in [2.45, 2.75) is 37.6 Å². The van der Waals surface area contributed by atoms with Crippen LogP contribution >= 0.6 is 11.8 Å². The van der Waals surface area contributed by atoms with Gasteiger partial charge in [-0.25, -0.2) is 4.98 Å². The van der Waals surface area contributed by atoms with E-state index in [0.717, 1.165) is 5.82 Å². The maximum Gasteiger partial charge on any atom is 0.237 e. The molecule has 2 aromatic rings. The molecule has 0 aliphatic heterocycles. The van der Waals surface area contributed by atoms with Crippen molar-refractivity contribution in [3.63, 3.8) is 0 Å². The Morgan fingerprint density at radius 2 is 2.00 bits per heavy atom. The van der Waals surface area contributed by atoms with Crippen molar-refractivity contribution in [2.75, 3.05) is 5.32 Å². The highest BCUT2D eigenvalue weighted by atomic mass is 32.2. The van der Waals surface area contributed by atoms with Gasteiger partial charge in [0.2, 0.25) is 11.1 Å². The van der Waals surface area contributed by atoms with Crippen LogP contribution in [0.15, 0.2) is 29.4 Å². The van der Waals surface area contributed by atoms with Crippen LogP contribution in [0.2, 0.25) is 0 Å². The number of H-pyrrole nitrogens is 1. The lowest BCUT2D eigenvalue weighted by atomic mass is 10.1. The summed E-state index contributed by atoms with van der Waals surface area (Å²) >= 11 is 1.33. The van der Waals surface area contributed by atoms with Crippen LogP contribution in [-0.4, -0.2) is 32.1 Å². The number of carbonyl (C=O) groups excluding carboxylic acids is 2. The van der Waals surface area contributed by atoms with Crippen molar-refractivity contribution in [1.82, 2.24) is 15.2 Å². The Kier molecular flexibility index (Phi) is 5.32. The van der Waals surface area contributed by atoms with E-state index in [9.17, 15) is 9.59 Å². The minimum Gasteiger partial charge on any atom is -0.325 e. The number of thioether (sulfide) groups is 1. The number of benzene rings is 1. The van der Waals surface area contributed by atoms with E-state index in [1.165, 1.54) is 18.7 Å². The largest absolute Gasteiger partial charge is 0.325 e. The Balaban J connectivity index is 2.00. The summed E-state index contributed by atoms with van der Waals surface area (Å²) in [4.78, 5) is 27.7.